The number of carbonyl (C=O) groups is 2. The van der Waals surface area contributed by atoms with Crippen LogP contribution in [0.5, 0.6) is 0 Å². The normalized spacial score (nSPS) is 12.3. The first-order valence-electron chi connectivity index (χ1n) is 18.4. The lowest BCUT2D eigenvalue weighted by Gasteiger charge is -2.20. The van der Waals surface area contributed by atoms with Crippen LogP contribution in [-0.4, -0.2) is 37.8 Å². The van der Waals surface area contributed by atoms with Gasteiger partial charge in [-0.1, -0.05) is 37.3 Å². The Morgan fingerprint density at radius 3 is 1.97 bits per heavy atom. The highest BCUT2D eigenvalue weighted by Crippen LogP contribution is 2.44. The number of rotatable bonds is 10. The van der Waals surface area contributed by atoms with E-state index >= 15 is 0 Å². The molecule has 0 unspecified atom stereocenters. The van der Waals surface area contributed by atoms with Crippen molar-refractivity contribution in [3.63, 3.8) is 0 Å². The molecular formula is C43H44N4O9S2. The molecule has 1 aliphatic carbocycles. The Morgan fingerprint density at radius 1 is 0.707 bits per heavy atom. The Morgan fingerprint density at radius 2 is 1.33 bits per heavy atom. The SMILES string of the molecule is CCCC(=O)Nc1c(C)cc(C)c(N=c2cc3oc4cc(Nc5c(C)cc(C)c(NC(C)=O)c5C)ccc4c(-c4ccccc4S(=O)(=O)O)c-3cc2S(=O)(=O)O)c1C. The molecule has 15 heteroatoms. The molecule has 302 valence electrons. The summed E-state index contributed by atoms with van der Waals surface area (Å²) in [6.45, 7) is 14.4. The van der Waals surface area contributed by atoms with Gasteiger partial charge >= 0.3 is 0 Å². The minimum atomic E-state index is -4.98. The molecule has 2 aliphatic rings. The first-order chi connectivity index (χ1) is 27.2. The highest BCUT2D eigenvalue weighted by Gasteiger charge is 2.27. The van der Waals surface area contributed by atoms with Crippen LogP contribution in [0.25, 0.3) is 33.4 Å². The quantitative estimate of drug-likeness (QED) is 0.0654. The Kier molecular flexibility index (Phi) is 11.4. The van der Waals surface area contributed by atoms with Gasteiger partial charge in [0.1, 0.15) is 21.1 Å². The molecule has 6 rings (SSSR count). The molecule has 58 heavy (non-hydrogen) atoms. The van der Waals surface area contributed by atoms with Gasteiger partial charge in [0.05, 0.1) is 11.0 Å². The third-order valence-electron chi connectivity index (χ3n) is 9.96. The molecule has 0 spiro atoms. The van der Waals surface area contributed by atoms with Gasteiger partial charge in [-0.25, -0.2) is 4.99 Å². The van der Waals surface area contributed by atoms with Crippen LogP contribution in [0.2, 0.25) is 0 Å². The molecule has 0 radical (unpaired) electrons. The summed E-state index contributed by atoms with van der Waals surface area (Å²) in [6, 6.07) is 17.1. The van der Waals surface area contributed by atoms with Crippen molar-refractivity contribution in [1.82, 2.24) is 0 Å². The summed E-state index contributed by atoms with van der Waals surface area (Å²) in [5, 5.41) is 9.43. The Balaban J connectivity index is 1.68. The van der Waals surface area contributed by atoms with Gasteiger partial charge in [-0.05, 0) is 106 Å². The van der Waals surface area contributed by atoms with Crippen molar-refractivity contribution < 1.29 is 39.9 Å². The number of aryl methyl sites for hydroxylation is 4. The molecule has 0 fully saturated rings. The van der Waals surface area contributed by atoms with Gasteiger partial charge in [0, 0.05) is 70.3 Å². The molecule has 0 bridgehead atoms. The summed E-state index contributed by atoms with van der Waals surface area (Å²) in [7, 11) is -9.78. The highest BCUT2D eigenvalue weighted by molar-refractivity contribution is 7.86. The zero-order valence-electron chi connectivity index (χ0n) is 33.3. The molecule has 0 saturated carbocycles. The van der Waals surface area contributed by atoms with Crippen molar-refractivity contribution in [2.45, 2.75) is 78.0 Å². The molecule has 0 aromatic heterocycles. The lowest BCUT2D eigenvalue weighted by molar-refractivity contribution is -0.116. The number of benzene rings is 5. The second kappa shape index (κ2) is 15.8. The largest absolute Gasteiger partial charge is 0.456 e. The molecular weight excluding hydrogens is 781 g/mol. The van der Waals surface area contributed by atoms with Gasteiger partial charge in [-0.3, -0.25) is 18.7 Å². The molecule has 13 nitrogen and oxygen atoms in total. The third-order valence-corrected chi connectivity index (χ3v) is 11.8. The first-order valence-corrected chi connectivity index (χ1v) is 21.3. The molecule has 1 aliphatic heterocycles. The van der Waals surface area contributed by atoms with Crippen LogP contribution in [0.3, 0.4) is 0 Å². The summed E-state index contributed by atoms with van der Waals surface area (Å²) in [5.74, 6) is -0.332. The highest BCUT2D eigenvalue weighted by atomic mass is 32.2. The number of hydrogen-bond acceptors (Lipinski definition) is 9. The van der Waals surface area contributed by atoms with Gasteiger partial charge in [0.2, 0.25) is 11.8 Å². The van der Waals surface area contributed by atoms with E-state index in [1.807, 2.05) is 46.8 Å². The monoisotopic (exact) mass is 824 g/mol. The molecule has 0 atom stereocenters. The van der Waals surface area contributed by atoms with Crippen molar-refractivity contribution in [3.8, 4) is 22.5 Å². The van der Waals surface area contributed by atoms with Crippen LogP contribution >= 0.6 is 0 Å². The van der Waals surface area contributed by atoms with Crippen LogP contribution in [0.15, 0.2) is 85.9 Å². The van der Waals surface area contributed by atoms with Crippen LogP contribution in [-0.2, 0) is 29.8 Å². The van der Waals surface area contributed by atoms with E-state index in [1.54, 1.807) is 38.1 Å². The number of hydrogen-bond donors (Lipinski definition) is 5. The van der Waals surface area contributed by atoms with E-state index in [1.165, 1.54) is 37.3 Å². The van der Waals surface area contributed by atoms with Crippen LogP contribution < -0.4 is 21.3 Å². The maximum absolute atomic E-state index is 13.2. The van der Waals surface area contributed by atoms with Crippen molar-refractivity contribution in [2.75, 3.05) is 16.0 Å². The zero-order chi connectivity index (χ0) is 42.4. The Hall–Kier alpha value is -5.87. The second-order valence-corrected chi connectivity index (χ2v) is 17.2. The maximum Gasteiger partial charge on any atom is 0.296 e. The summed E-state index contributed by atoms with van der Waals surface area (Å²) in [5.41, 5.74) is 8.05. The van der Waals surface area contributed by atoms with E-state index < -0.39 is 30.0 Å². The number of nitrogens with zero attached hydrogens (tertiary/aromatic N) is 1. The van der Waals surface area contributed by atoms with Gasteiger partial charge < -0.3 is 20.4 Å². The third kappa shape index (κ3) is 8.25. The van der Waals surface area contributed by atoms with Crippen LogP contribution in [0, 0.1) is 41.5 Å². The number of anilines is 4. The van der Waals surface area contributed by atoms with E-state index in [9.17, 15) is 35.5 Å². The van der Waals surface area contributed by atoms with Crippen molar-refractivity contribution in [3.05, 3.63) is 105 Å². The topological polar surface area (TPSA) is 204 Å². The molecule has 2 amide bonds. The summed E-state index contributed by atoms with van der Waals surface area (Å²) in [4.78, 5) is 28.4. The summed E-state index contributed by atoms with van der Waals surface area (Å²) in [6.07, 6.45) is 0.938. The predicted octanol–water partition coefficient (Wildman–Crippen LogP) is 9.22. The number of fused-ring (bicyclic) bond motifs is 2. The molecule has 4 aromatic carbocycles. The smallest absolute Gasteiger partial charge is 0.296 e. The van der Waals surface area contributed by atoms with Gasteiger partial charge in [0.25, 0.3) is 20.2 Å². The lowest BCUT2D eigenvalue weighted by Crippen LogP contribution is -2.17. The molecule has 4 aromatic rings. The van der Waals surface area contributed by atoms with Crippen molar-refractivity contribution >= 4 is 71.5 Å². The second-order valence-electron chi connectivity index (χ2n) is 14.4. The molecule has 5 N–H and O–H groups in total. The fourth-order valence-electron chi connectivity index (χ4n) is 7.45. The fraction of sp³-hybridized carbons (Fsp3) is 0.233. The fourth-order valence-corrected chi connectivity index (χ4v) is 8.78. The standard InChI is InChI=1S/C43H44N4O9S2/c1-9-12-38(49)47-43-25(5)18-24(4)42(27(43)7)46-33-21-35-32(20-37(33)58(53,54)55)39(31-13-10-11-14-36(31)57(50,51)52)30-16-15-29(19-34(30)56-35)45-41-23(3)17-22(2)40(26(41)6)44-28(8)48/h10-11,13-21,45H,9,12H2,1-8H3,(H,44,48)(H,47,49)(H,50,51,52)(H,53,54,55). The Labute approximate surface area is 337 Å². The lowest BCUT2D eigenvalue weighted by atomic mass is 9.93. The number of nitrogens with one attached hydrogen (secondary N) is 3. The number of carbonyl (C=O) groups excluding carboxylic acids is 2. The van der Waals surface area contributed by atoms with Crippen molar-refractivity contribution in [1.29, 1.82) is 0 Å². The summed E-state index contributed by atoms with van der Waals surface area (Å²) < 4.78 is 79.3. The number of amides is 2. The van der Waals surface area contributed by atoms with Crippen molar-refractivity contribution in [2.24, 2.45) is 4.99 Å². The van der Waals surface area contributed by atoms with Gasteiger partial charge in [-0.2, -0.15) is 16.8 Å². The van der Waals surface area contributed by atoms with Gasteiger partial charge in [0.15, 0.2) is 0 Å². The minimum absolute atomic E-state index is 0.0466. The van der Waals surface area contributed by atoms with E-state index in [0.29, 0.717) is 52.1 Å². The minimum Gasteiger partial charge on any atom is -0.456 e. The van der Waals surface area contributed by atoms with E-state index in [2.05, 4.69) is 16.0 Å². The molecule has 0 saturated heterocycles. The van der Waals surface area contributed by atoms with Gasteiger partial charge in [-0.15, -0.1) is 0 Å². The Bertz CT molecular complexity index is 2950. The van der Waals surface area contributed by atoms with Crippen LogP contribution in [0.1, 0.15) is 60.1 Å². The average Bonchev–Trinajstić information content (AvgIpc) is 3.13. The van der Waals surface area contributed by atoms with E-state index in [0.717, 1.165) is 27.9 Å². The maximum atomic E-state index is 13.2. The zero-order valence-corrected chi connectivity index (χ0v) is 34.9. The average molecular weight is 825 g/mol. The first kappa shape index (κ1) is 41.8. The van der Waals surface area contributed by atoms with E-state index in [-0.39, 0.29) is 45.2 Å². The summed E-state index contributed by atoms with van der Waals surface area (Å²) >= 11 is 0. The predicted molar refractivity (Wildman–Crippen MR) is 226 cm³/mol. The van der Waals surface area contributed by atoms with Crippen LogP contribution in [0.4, 0.5) is 28.4 Å². The molecule has 1 heterocycles. The van der Waals surface area contributed by atoms with E-state index in [4.69, 9.17) is 9.41 Å².